The number of aliphatic hydroxyl groups excluding tert-OH is 2. The summed E-state index contributed by atoms with van der Waals surface area (Å²) in [5.74, 6) is -1.80. The van der Waals surface area contributed by atoms with Gasteiger partial charge in [0.05, 0.1) is 34.1 Å². The van der Waals surface area contributed by atoms with Gasteiger partial charge in [-0.1, -0.05) is 60.7 Å². The lowest BCUT2D eigenvalue weighted by Gasteiger charge is -2.46. The molecule has 0 fully saturated rings. The minimum Gasteiger partial charge on any atom is -0.484 e. The van der Waals surface area contributed by atoms with Crippen molar-refractivity contribution in [2.24, 2.45) is 0 Å². The molecule has 2 aliphatic rings. The fourth-order valence-electron chi connectivity index (χ4n) is 7.04. The third-order valence-corrected chi connectivity index (χ3v) is 10.3. The van der Waals surface area contributed by atoms with Crippen LogP contribution >= 0.6 is 0 Å². The van der Waals surface area contributed by atoms with E-state index in [0.717, 1.165) is 17.5 Å². The fourth-order valence-corrected chi connectivity index (χ4v) is 7.04. The van der Waals surface area contributed by atoms with Gasteiger partial charge in [0.25, 0.3) is 11.4 Å². The average molecular weight is 901 g/mol. The highest BCUT2D eigenvalue weighted by molar-refractivity contribution is 5.89. The summed E-state index contributed by atoms with van der Waals surface area (Å²) in [5.41, 5.74) is 0.688. The van der Waals surface area contributed by atoms with Gasteiger partial charge < -0.3 is 40.0 Å². The third-order valence-electron chi connectivity index (χ3n) is 10.3. The summed E-state index contributed by atoms with van der Waals surface area (Å²) in [5, 5.41) is 63.2. The Balaban J connectivity index is 0.000000249. The molecule has 0 radical (unpaired) electrons. The molecule has 65 heavy (non-hydrogen) atoms. The number of rotatable bonds is 12. The quantitative estimate of drug-likeness (QED) is 0.0528. The van der Waals surface area contributed by atoms with Gasteiger partial charge in [-0.05, 0) is 91.1 Å². The van der Waals surface area contributed by atoms with Crippen LogP contribution in [0.2, 0.25) is 0 Å². The Kier molecular flexibility index (Phi) is 16.9. The van der Waals surface area contributed by atoms with Crippen LogP contribution in [0.5, 0.6) is 11.5 Å². The lowest BCUT2D eigenvalue weighted by molar-refractivity contribution is -0.385. The first kappa shape index (κ1) is 50.8. The summed E-state index contributed by atoms with van der Waals surface area (Å²) in [6.07, 6.45) is 0.0714. The van der Waals surface area contributed by atoms with Gasteiger partial charge in [0, 0.05) is 42.0 Å². The van der Waals surface area contributed by atoms with Gasteiger partial charge in [-0.25, -0.2) is 14.4 Å². The number of nitrogens with zero attached hydrogens (tertiary/aromatic N) is 3. The highest BCUT2D eigenvalue weighted by Crippen LogP contribution is 2.45. The molecule has 0 aliphatic carbocycles. The van der Waals surface area contributed by atoms with E-state index in [1.54, 1.807) is 54.5 Å². The van der Waals surface area contributed by atoms with E-state index < -0.39 is 62.9 Å². The minimum atomic E-state index is -1.26. The van der Waals surface area contributed by atoms with E-state index in [4.69, 9.17) is 24.4 Å². The van der Waals surface area contributed by atoms with Crippen LogP contribution in [0.25, 0.3) is 0 Å². The van der Waals surface area contributed by atoms with E-state index in [0.29, 0.717) is 36.4 Å². The third kappa shape index (κ3) is 14.3. The molecule has 348 valence electrons. The first-order chi connectivity index (χ1) is 30.4. The molecule has 18 nitrogen and oxygen atoms in total. The largest absolute Gasteiger partial charge is 0.484 e. The number of aliphatic hydroxyl groups is 2. The van der Waals surface area contributed by atoms with Crippen molar-refractivity contribution in [2.45, 2.75) is 102 Å². The summed E-state index contributed by atoms with van der Waals surface area (Å²) in [4.78, 5) is 55.2. The maximum Gasteiger partial charge on any atom is 0.410 e. The van der Waals surface area contributed by atoms with E-state index in [-0.39, 0.29) is 29.7 Å². The summed E-state index contributed by atoms with van der Waals surface area (Å²) in [7, 11) is 0. The number of fused-ring (bicyclic) bond motifs is 2. The van der Waals surface area contributed by atoms with E-state index >= 15 is 0 Å². The molecule has 5 N–H and O–H groups in total. The van der Waals surface area contributed by atoms with Crippen LogP contribution in [0.1, 0.15) is 82.8 Å². The van der Waals surface area contributed by atoms with Crippen molar-refractivity contribution in [1.82, 2.24) is 10.2 Å². The molecule has 0 aromatic heterocycles. The molecule has 4 aromatic rings. The summed E-state index contributed by atoms with van der Waals surface area (Å²) < 4.78 is 17.4. The predicted octanol–water partition coefficient (Wildman–Crippen LogP) is 7.36. The van der Waals surface area contributed by atoms with Crippen molar-refractivity contribution in [2.75, 3.05) is 13.1 Å². The molecule has 6 rings (SSSR count). The van der Waals surface area contributed by atoms with E-state index in [2.05, 4.69) is 17.4 Å². The monoisotopic (exact) mass is 900 g/mol. The number of aliphatic carboxylic acids is 2. The number of hydrogen-bond donors (Lipinski definition) is 5. The van der Waals surface area contributed by atoms with Gasteiger partial charge in [-0.2, -0.15) is 0 Å². The number of nitro groups is 2. The van der Waals surface area contributed by atoms with Crippen LogP contribution in [-0.2, 0) is 27.2 Å². The molecule has 0 spiro atoms. The topological polar surface area (TPSA) is 261 Å². The average Bonchev–Trinajstić information content (AvgIpc) is 3.22. The number of non-ortho nitro benzene ring substituents is 2. The molecule has 0 bridgehead atoms. The highest BCUT2D eigenvalue weighted by atomic mass is 16.6. The lowest BCUT2D eigenvalue weighted by Crippen LogP contribution is -2.55. The van der Waals surface area contributed by atoms with Gasteiger partial charge in [-0.15, -0.1) is 0 Å². The van der Waals surface area contributed by atoms with Crippen LogP contribution in [0.15, 0.2) is 109 Å². The smallest absolute Gasteiger partial charge is 0.410 e. The molecule has 0 saturated heterocycles. The van der Waals surface area contributed by atoms with Crippen LogP contribution < -0.4 is 14.8 Å². The Morgan fingerprint density at radius 2 is 1.17 bits per heavy atom. The Labute approximate surface area is 376 Å². The number of ether oxygens (including phenoxy) is 3. The molecule has 2 heterocycles. The number of amides is 1. The second kappa shape index (κ2) is 21.7. The summed E-state index contributed by atoms with van der Waals surface area (Å²) in [6.45, 7) is 13.3. The number of carboxylic acids is 2. The Hall–Kier alpha value is -6.89. The molecular formula is C47H56N4O14. The fraction of sp³-hybridized carbons (Fsp3) is 0.383. The standard InChI is InChI=1S/C24H30N2O6.C19H22N2O4.C4H4O4/c1-23(2,3)32-22(28)25(14-13-16-9-7-6-8-10-16)20-18-12-11-17(26(29)30)15-19(18)31-24(4,5)21(20)27;1-19(2)18(22)17(20-11-10-13-6-4-3-5-7-13)15-9-8-14(21(23)24)12-16(15)25-19;5-3(6)1-2-4(7)8/h6-12,15,20-21,27H,13-14H2,1-5H3;3-9,12,17-18,20,22H,10-11H2,1-2H3;1-2H,(H,5,6)(H,7,8)/b;;2-1-/t20-,21+;17-,18+;/m00./s1. The van der Waals surface area contributed by atoms with Gasteiger partial charge in [-0.3, -0.25) is 25.1 Å². The Bertz CT molecular complexity index is 2310. The highest BCUT2D eigenvalue weighted by Gasteiger charge is 2.48. The SMILES string of the molecule is CC(C)(C)OC(=O)N(CCc1ccccc1)[C@H]1c2ccc([N+](=O)[O-])cc2OC(C)(C)[C@@H]1O.CC1(C)Oc2cc([N+](=O)[O-])ccc2[C@H](NCCc2ccccc2)[C@H]1O.O=C(O)/C=C\C(=O)O. The number of benzene rings is 4. The van der Waals surface area contributed by atoms with Gasteiger partial charge in [0.2, 0.25) is 0 Å². The van der Waals surface area contributed by atoms with Crippen LogP contribution in [-0.4, -0.2) is 95.3 Å². The number of carbonyl (C=O) groups excluding carboxylic acids is 1. The predicted molar refractivity (Wildman–Crippen MR) is 239 cm³/mol. The summed E-state index contributed by atoms with van der Waals surface area (Å²) >= 11 is 0. The molecule has 1 amide bonds. The first-order valence-corrected chi connectivity index (χ1v) is 20.7. The number of carbonyl (C=O) groups is 3. The van der Waals surface area contributed by atoms with Crippen molar-refractivity contribution >= 4 is 29.4 Å². The first-order valence-electron chi connectivity index (χ1n) is 20.7. The molecule has 4 atom stereocenters. The minimum absolute atomic E-state index is 0.0195. The van der Waals surface area contributed by atoms with Crippen molar-refractivity contribution in [1.29, 1.82) is 0 Å². The molecular weight excluding hydrogens is 845 g/mol. The second-order valence-corrected chi connectivity index (χ2v) is 17.3. The summed E-state index contributed by atoms with van der Waals surface area (Å²) in [6, 6.07) is 27.4. The molecule has 2 aliphatic heterocycles. The van der Waals surface area contributed by atoms with Crippen molar-refractivity contribution < 1.29 is 58.9 Å². The van der Waals surface area contributed by atoms with Crippen molar-refractivity contribution in [3.63, 3.8) is 0 Å². The number of nitro benzene ring substituents is 2. The zero-order valence-corrected chi connectivity index (χ0v) is 37.2. The van der Waals surface area contributed by atoms with Crippen molar-refractivity contribution in [3.8, 4) is 11.5 Å². The maximum atomic E-state index is 13.3. The molecule has 0 saturated carbocycles. The molecule has 0 unspecified atom stereocenters. The zero-order valence-electron chi connectivity index (χ0n) is 37.2. The molecule has 4 aromatic carbocycles. The second-order valence-electron chi connectivity index (χ2n) is 17.3. The maximum absolute atomic E-state index is 13.3. The van der Waals surface area contributed by atoms with Gasteiger partial charge >= 0.3 is 18.0 Å². The molecule has 18 heteroatoms. The Morgan fingerprint density at radius 1 is 0.723 bits per heavy atom. The van der Waals surface area contributed by atoms with E-state index in [1.165, 1.54) is 40.8 Å². The van der Waals surface area contributed by atoms with E-state index in [1.807, 2.05) is 48.5 Å². The lowest BCUT2D eigenvalue weighted by atomic mass is 9.85. The van der Waals surface area contributed by atoms with Crippen LogP contribution in [0.3, 0.4) is 0 Å². The number of hydrogen-bond acceptors (Lipinski definition) is 13. The van der Waals surface area contributed by atoms with Gasteiger partial charge in [0.15, 0.2) is 0 Å². The van der Waals surface area contributed by atoms with Gasteiger partial charge in [0.1, 0.15) is 40.5 Å². The normalized spacial score (nSPS) is 18.9. The van der Waals surface area contributed by atoms with E-state index in [9.17, 15) is 44.8 Å². The van der Waals surface area contributed by atoms with Crippen LogP contribution in [0.4, 0.5) is 16.2 Å². The number of carboxylic acid groups (broad SMARTS) is 2. The van der Waals surface area contributed by atoms with Crippen molar-refractivity contribution in [3.05, 3.63) is 152 Å². The van der Waals surface area contributed by atoms with Crippen LogP contribution in [0, 0.1) is 20.2 Å². The number of nitrogens with one attached hydrogen (secondary N) is 1. The Morgan fingerprint density at radius 3 is 1.63 bits per heavy atom. The zero-order chi connectivity index (χ0) is 48.3.